The van der Waals surface area contributed by atoms with Gasteiger partial charge in [0.15, 0.2) is 0 Å². The van der Waals surface area contributed by atoms with Crippen LogP contribution in [0.1, 0.15) is 47.0 Å². The first-order valence-corrected chi connectivity index (χ1v) is 8.07. The maximum absolute atomic E-state index is 12.2. The molecule has 0 aromatic rings. The Morgan fingerprint density at radius 1 is 1.30 bits per heavy atom. The number of carbonyl (C=O) groups is 1. The number of aliphatic hydroxyl groups excluding tert-OH is 1. The number of likely N-dealkylation sites (tertiary alicyclic amines) is 1. The maximum atomic E-state index is 12.2. The van der Waals surface area contributed by atoms with E-state index in [0.717, 1.165) is 32.5 Å². The standard InChI is InChI=1S/C16H32N2O2/c1-12(2)5-7-17-15-9-14(6-8-19)10-18(11-15)16(20)13(3)4/h12-15,17,19H,5-11H2,1-4H3. The van der Waals surface area contributed by atoms with Crippen LogP contribution < -0.4 is 5.32 Å². The maximum Gasteiger partial charge on any atom is 0.225 e. The molecule has 2 unspecified atom stereocenters. The van der Waals surface area contributed by atoms with Crippen molar-refractivity contribution in [3.8, 4) is 0 Å². The molecule has 0 spiro atoms. The number of nitrogens with one attached hydrogen (secondary N) is 1. The summed E-state index contributed by atoms with van der Waals surface area (Å²) in [5, 5.41) is 12.8. The van der Waals surface area contributed by atoms with E-state index in [1.807, 2.05) is 18.7 Å². The Hall–Kier alpha value is -0.610. The van der Waals surface area contributed by atoms with Gasteiger partial charge >= 0.3 is 0 Å². The van der Waals surface area contributed by atoms with Gasteiger partial charge in [-0.05, 0) is 37.6 Å². The van der Waals surface area contributed by atoms with Crippen molar-refractivity contribution < 1.29 is 9.90 Å². The molecule has 1 amide bonds. The van der Waals surface area contributed by atoms with Crippen LogP contribution in [0.25, 0.3) is 0 Å². The summed E-state index contributed by atoms with van der Waals surface area (Å²) >= 11 is 0. The monoisotopic (exact) mass is 284 g/mol. The van der Waals surface area contributed by atoms with Gasteiger partial charge in [0.05, 0.1) is 0 Å². The van der Waals surface area contributed by atoms with Gasteiger partial charge in [-0.2, -0.15) is 0 Å². The second kappa shape index (κ2) is 8.63. The quantitative estimate of drug-likeness (QED) is 0.750. The number of nitrogens with zero attached hydrogens (tertiary/aromatic N) is 1. The van der Waals surface area contributed by atoms with Crippen molar-refractivity contribution in [1.82, 2.24) is 10.2 Å². The highest BCUT2D eigenvalue weighted by Crippen LogP contribution is 2.21. The Bertz CT molecular complexity index is 292. The summed E-state index contributed by atoms with van der Waals surface area (Å²) in [5.74, 6) is 1.42. The predicted octanol–water partition coefficient (Wildman–Crippen LogP) is 1.88. The van der Waals surface area contributed by atoms with Crippen molar-refractivity contribution in [3.63, 3.8) is 0 Å². The zero-order valence-corrected chi connectivity index (χ0v) is 13.6. The van der Waals surface area contributed by atoms with Gasteiger partial charge in [0.25, 0.3) is 0 Å². The highest BCUT2D eigenvalue weighted by atomic mass is 16.3. The minimum absolute atomic E-state index is 0.0548. The molecule has 0 radical (unpaired) electrons. The van der Waals surface area contributed by atoms with E-state index in [9.17, 15) is 4.79 Å². The van der Waals surface area contributed by atoms with Gasteiger partial charge in [0.1, 0.15) is 0 Å². The average Bonchev–Trinajstić information content (AvgIpc) is 2.37. The van der Waals surface area contributed by atoms with E-state index in [2.05, 4.69) is 19.2 Å². The van der Waals surface area contributed by atoms with Crippen LogP contribution in [0.3, 0.4) is 0 Å². The Morgan fingerprint density at radius 2 is 2.00 bits per heavy atom. The van der Waals surface area contributed by atoms with Crippen molar-refractivity contribution in [2.45, 2.75) is 53.0 Å². The molecule has 118 valence electrons. The molecule has 1 saturated heterocycles. The highest BCUT2D eigenvalue weighted by molar-refractivity contribution is 5.78. The molecule has 4 heteroatoms. The highest BCUT2D eigenvalue weighted by Gasteiger charge is 2.30. The fourth-order valence-electron chi connectivity index (χ4n) is 2.86. The second-order valence-electron chi connectivity index (χ2n) is 6.85. The number of hydrogen-bond donors (Lipinski definition) is 2. The molecule has 4 nitrogen and oxygen atoms in total. The van der Waals surface area contributed by atoms with Gasteiger partial charge in [0.2, 0.25) is 5.91 Å². The van der Waals surface area contributed by atoms with Gasteiger partial charge < -0.3 is 15.3 Å². The van der Waals surface area contributed by atoms with Gasteiger partial charge in [-0.15, -0.1) is 0 Å². The topological polar surface area (TPSA) is 52.6 Å². The largest absolute Gasteiger partial charge is 0.396 e. The van der Waals surface area contributed by atoms with E-state index in [-0.39, 0.29) is 18.4 Å². The SMILES string of the molecule is CC(C)CCNC1CC(CCO)CN(C(=O)C(C)C)C1. The van der Waals surface area contributed by atoms with Crippen LogP contribution in [0.4, 0.5) is 0 Å². The first-order chi connectivity index (χ1) is 9.43. The summed E-state index contributed by atoms with van der Waals surface area (Å²) in [5.41, 5.74) is 0. The summed E-state index contributed by atoms with van der Waals surface area (Å²) in [7, 11) is 0. The molecule has 0 aliphatic carbocycles. The number of rotatable bonds is 7. The first-order valence-electron chi connectivity index (χ1n) is 8.07. The Labute approximate surface area is 123 Å². The smallest absolute Gasteiger partial charge is 0.225 e. The molecule has 1 aliphatic rings. The normalized spacial score (nSPS) is 23.6. The van der Waals surface area contributed by atoms with Crippen LogP contribution in [0, 0.1) is 17.8 Å². The average molecular weight is 284 g/mol. The minimum atomic E-state index is 0.0548. The van der Waals surface area contributed by atoms with E-state index in [4.69, 9.17) is 5.11 Å². The van der Waals surface area contributed by atoms with Crippen molar-refractivity contribution in [2.75, 3.05) is 26.2 Å². The zero-order valence-electron chi connectivity index (χ0n) is 13.6. The van der Waals surface area contributed by atoms with Gasteiger partial charge in [-0.3, -0.25) is 4.79 Å². The lowest BCUT2D eigenvalue weighted by Gasteiger charge is -2.39. The fourth-order valence-corrected chi connectivity index (χ4v) is 2.86. The summed E-state index contributed by atoms with van der Waals surface area (Å²) < 4.78 is 0. The van der Waals surface area contributed by atoms with Crippen LogP contribution in [0.5, 0.6) is 0 Å². The lowest BCUT2D eigenvalue weighted by molar-refractivity contribution is -0.137. The third-order valence-electron chi connectivity index (χ3n) is 4.03. The molecule has 2 N–H and O–H groups in total. The van der Waals surface area contributed by atoms with E-state index >= 15 is 0 Å². The Morgan fingerprint density at radius 3 is 2.55 bits per heavy atom. The number of carbonyl (C=O) groups excluding carboxylic acids is 1. The third-order valence-corrected chi connectivity index (χ3v) is 4.03. The zero-order chi connectivity index (χ0) is 15.1. The molecule has 1 fully saturated rings. The summed E-state index contributed by atoms with van der Waals surface area (Å²) in [4.78, 5) is 14.2. The molecule has 0 bridgehead atoms. The van der Waals surface area contributed by atoms with Gasteiger partial charge in [-0.25, -0.2) is 0 Å². The number of piperidine rings is 1. The molecule has 1 rings (SSSR count). The number of aliphatic hydroxyl groups is 1. The lowest BCUT2D eigenvalue weighted by atomic mass is 9.91. The van der Waals surface area contributed by atoms with Gasteiger partial charge in [0, 0.05) is 31.7 Å². The second-order valence-corrected chi connectivity index (χ2v) is 6.85. The van der Waals surface area contributed by atoms with Crippen LogP contribution in [-0.4, -0.2) is 48.2 Å². The van der Waals surface area contributed by atoms with E-state index in [1.165, 1.54) is 6.42 Å². The molecular weight excluding hydrogens is 252 g/mol. The van der Waals surface area contributed by atoms with Crippen LogP contribution in [-0.2, 0) is 4.79 Å². The molecule has 1 heterocycles. The first kappa shape index (κ1) is 17.4. The van der Waals surface area contributed by atoms with Crippen LogP contribution in [0.15, 0.2) is 0 Å². The summed E-state index contributed by atoms with van der Waals surface area (Å²) in [6, 6.07) is 0.377. The molecule has 0 aromatic heterocycles. The van der Waals surface area contributed by atoms with Crippen LogP contribution >= 0.6 is 0 Å². The van der Waals surface area contributed by atoms with Gasteiger partial charge in [-0.1, -0.05) is 27.7 Å². The predicted molar refractivity (Wildman–Crippen MR) is 82.5 cm³/mol. The third kappa shape index (κ3) is 5.80. The minimum Gasteiger partial charge on any atom is -0.396 e. The lowest BCUT2D eigenvalue weighted by Crippen LogP contribution is -2.52. The molecule has 0 aromatic carbocycles. The molecule has 20 heavy (non-hydrogen) atoms. The number of hydrogen-bond acceptors (Lipinski definition) is 3. The fraction of sp³-hybridized carbons (Fsp3) is 0.938. The Kier molecular flexibility index (Phi) is 7.52. The molecule has 0 saturated carbocycles. The van der Waals surface area contributed by atoms with Crippen molar-refractivity contribution >= 4 is 5.91 Å². The summed E-state index contributed by atoms with van der Waals surface area (Å²) in [6.45, 7) is 11.2. The van der Waals surface area contributed by atoms with Crippen LogP contribution in [0.2, 0.25) is 0 Å². The van der Waals surface area contributed by atoms with E-state index in [0.29, 0.717) is 17.9 Å². The van der Waals surface area contributed by atoms with Crippen molar-refractivity contribution in [2.24, 2.45) is 17.8 Å². The van der Waals surface area contributed by atoms with E-state index < -0.39 is 0 Å². The molecule has 2 atom stereocenters. The molecular formula is C16H32N2O2. The summed E-state index contributed by atoms with van der Waals surface area (Å²) in [6.07, 6.45) is 3.03. The number of amides is 1. The van der Waals surface area contributed by atoms with Crippen molar-refractivity contribution in [1.29, 1.82) is 0 Å². The van der Waals surface area contributed by atoms with E-state index in [1.54, 1.807) is 0 Å². The molecule has 1 aliphatic heterocycles. The van der Waals surface area contributed by atoms with Crippen molar-refractivity contribution in [3.05, 3.63) is 0 Å². The Balaban J connectivity index is 2.53.